The second-order valence-electron chi connectivity index (χ2n) is 8.88. The topological polar surface area (TPSA) is 99.7 Å². The van der Waals surface area contributed by atoms with E-state index in [4.69, 9.17) is 4.74 Å². The molecule has 4 rings (SSSR count). The highest BCUT2D eigenvalue weighted by atomic mass is 16.5. The molecule has 9 heteroatoms. The number of benzene rings is 1. The SMILES string of the molecule is COCCN1CCN(c2ccc(NC(=O)/C=C/c3cncc(C(=O)Nc4cccc(C)c4)c3)nc2)CC1. The Bertz CT molecular complexity index is 1240. The van der Waals surface area contributed by atoms with E-state index in [-0.39, 0.29) is 11.8 Å². The molecule has 1 aliphatic heterocycles. The summed E-state index contributed by atoms with van der Waals surface area (Å²) in [5, 5.41) is 5.63. The van der Waals surface area contributed by atoms with Crippen molar-refractivity contribution in [2.24, 2.45) is 0 Å². The standard InChI is InChI=1S/C28H32N6O3/c1-21-4-3-5-24(16-21)31-28(36)23-17-22(18-29-19-23)6-9-27(35)32-26-8-7-25(20-30-26)34-12-10-33(11-13-34)14-15-37-2/h3-9,16-20H,10-15H2,1-2H3,(H,31,36)(H,30,32,35)/b9-6+. The fourth-order valence-electron chi connectivity index (χ4n) is 4.04. The van der Waals surface area contributed by atoms with Crippen molar-refractivity contribution in [2.45, 2.75) is 6.92 Å². The van der Waals surface area contributed by atoms with Crippen molar-refractivity contribution in [1.82, 2.24) is 14.9 Å². The van der Waals surface area contributed by atoms with Gasteiger partial charge in [0.1, 0.15) is 5.82 Å². The van der Waals surface area contributed by atoms with Gasteiger partial charge >= 0.3 is 0 Å². The summed E-state index contributed by atoms with van der Waals surface area (Å²) in [5.74, 6) is -0.110. The van der Waals surface area contributed by atoms with Crippen molar-refractivity contribution in [1.29, 1.82) is 0 Å². The minimum Gasteiger partial charge on any atom is -0.383 e. The lowest BCUT2D eigenvalue weighted by atomic mass is 10.1. The van der Waals surface area contributed by atoms with Crippen LogP contribution in [0.2, 0.25) is 0 Å². The van der Waals surface area contributed by atoms with E-state index in [0.717, 1.165) is 50.6 Å². The highest BCUT2D eigenvalue weighted by Gasteiger charge is 2.17. The molecule has 3 heterocycles. The van der Waals surface area contributed by atoms with E-state index in [2.05, 4.69) is 30.4 Å². The summed E-state index contributed by atoms with van der Waals surface area (Å²) in [7, 11) is 1.72. The summed E-state index contributed by atoms with van der Waals surface area (Å²) in [4.78, 5) is 38.2. The number of anilines is 3. The molecule has 1 saturated heterocycles. The lowest BCUT2D eigenvalue weighted by Crippen LogP contribution is -2.47. The van der Waals surface area contributed by atoms with Crippen molar-refractivity contribution in [3.05, 3.63) is 83.8 Å². The lowest BCUT2D eigenvalue weighted by molar-refractivity contribution is -0.111. The number of nitrogens with one attached hydrogen (secondary N) is 2. The number of amides is 2. The molecule has 2 amide bonds. The number of piperazine rings is 1. The monoisotopic (exact) mass is 500 g/mol. The molecule has 2 aromatic heterocycles. The van der Waals surface area contributed by atoms with Gasteiger partial charge < -0.3 is 20.3 Å². The Morgan fingerprint density at radius 2 is 1.86 bits per heavy atom. The zero-order valence-corrected chi connectivity index (χ0v) is 21.2. The Morgan fingerprint density at radius 3 is 2.59 bits per heavy atom. The normalized spacial score (nSPS) is 14.1. The first-order valence-corrected chi connectivity index (χ1v) is 12.2. The fourth-order valence-corrected chi connectivity index (χ4v) is 4.04. The molecule has 0 bridgehead atoms. The van der Waals surface area contributed by atoms with Crippen LogP contribution in [-0.2, 0) is 9.53 Å². The molecule has 0 spiro atoms. The molecule has 0 atom stereocenters. The van der Waals surface area contributed by atoms with Gasteiger partial charge in [-0.2, -0.15) is 0 Å². The Hall–Kier alpha value is -4.08. The lowest BCUT2D eigenvalue weighted by Gasteiger charge is -2.35. The fraction of sp³-hybridized carbons (Fsp3) is 0.286. The van der Waals surface area contributed by atoms with Crippen molar-refractivity contribution in [3.8, 4) is 0 Å². The van der Waals surface area contributed by atoms with E-state index in [0.29, 0.717) is 22.6 Å². The van der Waals surface area contributed by atoms with Crippen molar-refractivity contribution in [2.75, 3.05) is 62.0 Å². The molecule has 37 heavy (non-hydrogen) atoms. The van der Waals surface area contributed by atoms with Crippen molar-refractivity contribution < 1.29 is 14.3 Å². The number of hydrogen-bond acceptors (Lipinski definition) is 7. The highest BCUT2D eigenvalue weighted by molar-refractivity contribution is 6.05. The van der Waals surface area contributed by atoms with Gasteiger partial charge in [-0.3, -0.25) is 19.5 Å². The van der Waals surface area contributed by atoms with Gasteiger partial charge in [-0.25, -0.2) is 4.98 Å². The Kier molecular flexibility index (Phi) is 8.96. The number of nitrogens with zero attached hydrogens (tertiary/aromatic N) is 4. The average molecular weight is 501 g/mol. The largest absolute Gasteiger partial charge is 0.383 e. The van der Waals surface area contributed by atoms with Crippen LogP contribution in [0, 0.1) is 6.92 Å². The molecule has 192 valence electrons. The van der Waals surface area contributed by atoms with Crippen LogP contribution in [0.1, 0.15) is 21.5 Å². The second-order valence-corrected chi connectivity index (χ2v) is 8.88. The molecule has 1 fully saturated rings. The molecular formula is C28H32N6O3. The summed E-state index contributed by atoms with van der Waals surface area (Å²) >= 11 is 0. The number of carbonyl (C=O) groups excluding carboxylic acids is 2. The first kappa shape index (κ1) is 26.0. The Labute approximate surface area is 217 Å². The van der Waals surface area contributed by atoms with E-state index in [1.165, 1.54) is 12.3 Å². The highest BCUT2D eigenvalue weighted by Crippen LogP contribution is 2.17. The zero-order chi connectivity index (χ0) is 26.0. The third-order valence-corrected chi connectivity index (χ3v) is 6.07. The molecule has 0 aliphatic carbocycles. The number of carbonyl (C=O) groups is 2. The number of rotatable bonds is 9. The molecule has 0 radical (unpaired) electrons. The van der Waals surface area contributed by atoms with Gasteiger partial charge in [0.05, 0.1) is 24.1 Å². The minimum atomic E-state index is -0.318. The van der Waals surface area contributed by atoms with Crippen LogP contribution >= 0.6 is 0 Å². The Morgan fingerprint density at radius 1 is 1.03 bits per heavy atom. The van der Waals surface area contributed by atoms with E-state index in [1.54, 1.807) is 37.7 Å². The summed E-state index contributed by atoms with van der Waals surface area (Å²) in [6.07, 6.45) is 7.88. The van der Waals surface area contributed by atoms with E-state index < -0.39 is 0 Å². The molecular weight excluding hydrogens is 468 g/mol. The van der Waals surface area contributed by atoms with Crippen molar-refractivity contribution >= 4 is 35.1 Å². The van der Waals surface area contributed by atoms with Crippen LogP contribution in [0.3, 0.4) is 0 Å². The maximum Gasteiger partial charge on any atom is 0.257 e. The van der Waals surface area contributed by atoms with E-state index in [9.17, 15) is 9.59 Å². The zero-order valence-electron chi connectivity index (χ0n) is 21.2. The van der Waals surface area contributed by atoms with Crippen LogP contribution < -0.4 is 15.5 Å². The average Bonchev–Trinajstić information content (AvgIpc) is 2.92. The molecule has 2 N–H and O–H groups in total. The van der Waals surface area contributed by atoms with Crippen LogP contribution in [0.25, 0.3) is 6.08 Å². The first-order valence-electron chi connectivity index (χ1n) is 12.2. The van der Waals surface area contributed by atoms with Crippen LogP contribution in [0.5, 0.6) is 0 Å². The quantitative estimate of drug-likeness (QED) is 0.434. The first-order chi connectivity index (χ1) is 18.0. The summed E-state index contributed by atoms with van der Waals surface area (Å²) < 4.78 is 5.16. The van der Waals surface area contributed by atoms with Gasteiger partial charge in [0.25, 0.3) is 5.91 Å². The number of ether oxygens (including phenoxy) is 1. The molecule has 3 aromatic rings. The number of hydrogen-bond donors (Lipinski definition) is 2. The van der Waals surface area contributed by atoms with E-state index >= 15 is 0 Å². The van der Waals surface area contributed by atoms with E-state index in [1.807, 2.05) is 37.3 Å². The third kappa shape index (κ3) is 7.70. The van der Waals surface area contributed by atoms with Gasteiger partial charge in [0, 0.05) is 64.0 Å². The predicted octanol–water partition coefficient (Wildman–Crippen LogP) is 3.46. The number of methoxy groups -OCH3 is 1. The molecule has 1 aromatic carbocycles. The van der Waals surface area contributed by atoms with Gasteiger partial charge in [0.2, 0.25) is 5.91 Å². The van der Waals surface area contributed by atoms with Gasteiger partial charge in [-0.1, -0.05) is 12.1 Å². The van der Waals surface area contributed by atoms with Gasteiger partial charge in [-0.15, -0.1) is 0 Å². The number of pyridine rings is 2. The van der Waals surface area contributed by atoms with Gasteiger partial charge in [0.15, 0.2) is 0 Å². The number of aromatic nitrogens is 2. The smallest absolute Gasteiger partial charge is 0.257 e. The molecule has 0 unspecified atom stereocenters. The third-order valence-electron chi connectivity index (χ3n) is 6.07. The summed E-state index contributed by atoms with van der Waals surface area (Å²) in [5.41, 5.74) is 3.85. The van der Waals surface area contributed by atoms with Crippen LogP contribution in [0.15, 0.2) is 67.1 Å². The van der Waals surface area contributed by atoms with Gasteiger partial charge in [-0.05, 0) is 54.5 Å². The Balaban J connectivity index is 1.29. The summed E-state index contributed by atoms with van der Waals surface area (Å²) in [6.45, 7) is 7.47. The summed E-state index contributed by atoms with van der Waals surface area (Å²) in [6, 6.07) is 13.0. The molecule has 0 saturated carbocycles. The van der Waals surface area contributed by atoms with Crippen LogP contribution in [-0.4, -0.2) is 73.1 Å². The molecule has 9 nitrogen and oxygen atoms in total. The maximum absolute atomic E-state index is 12.6. The predicted molar refractivity (Wildman–Crippen MR) is 146 cm³/mol. The molecule has 1 aliphatic rings. The van der Waals surface area contributed by atoms with Crippen molar-refractivity contribution in [3.63, 3.8) is 0 Å². The second kappa shape index (κ2) is 12.8. The minimum absolute atomic E-state index is 0.265. The van der Waals surface area contributed by atoms with Crippen LogP contribution in [0.4, 0.5) is 17.2 Å². The number of aryl methyl sites for hydroxylation is 1. The maximum atomic E-state index is 12.6.